The Kier molecular flexibility index (Phi) is 4.44. The molecule has 0 aliphatic rings. The number of nitrogens with one attached hydrogen (secondary N) is 1. The molecule has 104 valence electrons. The first-order valence-corrected chi connectivity index (χ1v) is 6.54. The number of benzene rings is 1. The lowest BCUT2D eigenvalue weighted by Gasteiger charge is -2.07. The number of hydrogen-bond donors (Lipinski definition) is 1. The fourth-order valence-electron chi connectivity index (χ4n) is 1.89. The molecule has 0 fully saturated rings. The number of methoxy groups -OCH3 is 1. The van der Waals surface area contributed by atoms with E-state index < -0.39 is 0 Å². The molecule has 0 bridgehead atoms. The van der Waals surface area contributed by atoms with Crippen molar-refractivity contribution in [3.05, 3.63) is 41.7 Å². The Bertz CT molecular complexity index is 624. The van der Waals surface area contributed by atoms with Crippen LogP contribution >= 0.6 is 0 Å². The van der Waals surface area contributed by atoms with E-state index in [4.69, 9.17) is 14.4 Å². The molecule has 0 saturated carbocycles. The van der Waals surface area contributed by atoms with Gasteiger partial charge in [0.1, 0.15) is 17.3 Å². The van der Waals surface area contributed by atoms with Crippen molar-refractivity contribution in [2.24, 2.45) is 0 Å². The molecule has 0 atom stereocenters. The van der Waals surface area contributed by atoms with Crippen LogP contribution in [0.4, 0.5) is 0 Å². The predicted octanol–water partition coefficient (Wildman–Crippen LogP) is 3.32. The van der Waals surface area contributed by atoms with Gasteiger partial charge in [-0.15, -0.1) is 0 Å². The molecule has 1 aromatic carbocycles. The highest BCUT2D eigenvalue weighted by Crippen LogP contribution is 2.32. The number of ether oxygens (including phenoxy) is 1. The lowest BCUT2D eigenvalue weighted by atomic mass is 10.1. The van der Waals surface area contributed by atoms with E-state index in [1.165, 1.54) is 0 Å². The molecular formula is C16H18N2O2. The summed E-state index contributed by atoms with van der Waals surface area (Å²) < 4.78 is 11.1. The standard InChI is InChI=1S/C16H18N2O2/c1-11(2)18-10-13-5-7-16(20-13)14-8-12(9-17)4-6-15(14)19-3/h4-8,11,18H,10H2,1-3H3. The first-order chi connectivity index (χ1) is 9.63. The van der Waals surface area contributed by atoms with Gasteiger partial charge in [-0.05, 0) is 30.3 Å². The van der Waals surface area contributed by atoms with Crippen molar-refractivity contribution in [3.63, 3.8) is 0 Å². The van der Waals surface area contributed by atoms with Crippen LogP contribution in [0.3, 0.4) is 0 Å². The van der Waals surface area contributed by atoms with Crippen LogP contribution in [-0.2, 0) is 6.54 Å². The first kappa shape index (κ1) is 14.2. The summed E-state index contributed by atoms with van der Waals surface area (Å²) in [6, 6.07) is 11.6. The maximum atomic E-state index is 8.99. The number of rotatable bonds is 5. The summed E-state index contributed by atoms with van der Waals surface area (Å²) in [6.45, 7) is 4.85. The Morgan fingerprint density at radius 1 is 1.30 bits per heavy atom. The third-order valence-corrected chi connectivity index (χ3v) is 2.94. The number of hydrogen-bond acceptors (Lipinski definition) is 4. The van der Waals surface area contributed by atoms with Crippen molar-refractivity contribution >= 4 is 0 Å². The van der Waals surface area contributed by atoms with Gasteiger partial charge in [0.2, 0.25) is 0 Å². The molecule has 0 unspecified atom stereocenters. The molecule has 2 aromatic rings. The molecule has 1 N–H and O–H groups in total. The zero-order valence-corrected chi connectivity index (χ0v) is 11.9. The van der Waals surface area contributed by atoms with Crippen LogP contribution < -0.4 is 10.1 Å². The van der Waals surface area contributed by atoms with Crippen LogP contribution in [0.5, 0.6) is 5.75 Å². The zero-order valence-electron chi connectivity index (χ0n) is 11.9. The van der Waals surface area contributed by atoms with Gasteiger partial charge < -0.3 is 14.5 Å². The Morgan fingerprint density at radius 3 is 2.75 bits per heavy atom. The molecule has 0 aliphatic heterocycles. The molecule has 0 radical (unpaired) electrons. The minimum atomic E-state index is 0.403. The van der Waals surface area contributed by atoms with Crippen LogP contribution in [0.1, 0.15) is 25.2 Å². The molecule has 0 saturated heterocycles. The van der Waals surface area contributed by atoms with E-state index in [-0.39, 0.29) is 0 Å². The average molecular weight is 270 g/mol. The Labute approximate surface area is 119 Å². The molecule has 0 spiro atoms. The summed E-state index contributed by atoms with van der Waals surface area (Å²) in [6.07, 6.45) is 0. The summed E-state index contributed by atoms with van der Waals surface area (Å²) in [5.74, 6) is 2.26. The molecule has 2 rings (SSSR count). The third kappa shape index (κ3) is 3.19. The molecule has 1 aromatic heterocycles. The van der Waals surface area contributed by atoms with Gasteiger partial charge in [-0.25, -0.2) is 0 Å². The van der Waals surface area contributed by atoms with Crippen molar-refractivity contribution in [1.29, 1.82) is 5.26 Å². The Morgan fingerprint density at radius 2 is 2.10 bits per heavy atom. The van der Waals surface area contributed by atoms with Gasteiger partial charge in [-0.2, -0.15) is 5.26 Å². The normalized spacial score (nSPS) is 10.6. The summed E-state index contributed by atoms with van der Waals surface area (Å²) in [7, 11) is 1.61. The van der Waals surface area contributed by atoms with Crippen molar-refractivity contribution in [3.8, 4) is 23.1 Å². The van der Waals surface area contributed by atoms with Gasteiger partial charge in [0.25, 0.3) is 0 Å². The van der Waals surface area contributed by atoms with Gasteiger partial charge in [0.05, 0.1) is 30.9 Å². The van der Waals surface area contributed by atoms with E-state index in [1.807, 2.05) is 12.1 Å². The monoisotopic (exact) mass is 270 g/mol. The summed E-state index contributed by atoms with van der Waals surface area (Å²) in [4.78, 5) is 0. The molecular weight excluding hydrogens is 252 g/mol. The molecule has 20 heavy (non-hydrogen) atoms. The number of nitrogens with zero attached hydrogens (tertiary/aromatic N) is 1. The van der Waals surface area contributed by atoms with Crippen LogP contribution in [0.25, 0.3) is 11.3 Å². The van der Waals surface area contributed by atoms with Gasteiger partial charge >= 0.3 is 0 Å². The zero-order chi connectivity index (χ0) is 14.5. The quantitative estimate of drug-likeness (QED) is 0.905. The highest BCUT2D eigenvalue weighted by atomic mass is 16.5. The summed E-state index contributed by atoms with van der Waals surface area (Å²) in [5, 5.41) is 12.3. The van der Waals surface area contributed by atoms with E-state index in [1.54, 1.807) is 25.3 Å². The smallest absolute Gasteiger partial charge is 0.138 e. The predicted molar refractivity (Wildman–Crippen MR) is 77.4 cm³/mol. The summed E-state index contributed by atoms with van der Waals surface area (Å²) in [5.41, 5.74) is 1.38. The summed E-state index contributed by atoms with van der Waals surface area (Å²) >= 11 is 0. The van der Waals surface area contributed by atoms with Crippen molar-refractivity contribution in [2.75, 3.05) is 7.11 Å². The lowest BCUT2D eigenvalue weighted by molar-refractivity contribution is 0.413. The second-order valence-electron chi connectivity index (χ2n) is 4.83. The highest BCUT2D eigenvalue weighted by molar-refractivity contribution is 5.68. The van der Waals surface area contributed by atoms with Crippen molar-refractivity contribution in [2.45, 2.75) is 26.4 Å². The van der Waals surface area contributed by atoms with E-state index in [9.17, 15) is 0 Å². The molecule has 1 heterocycles. The topological polar surface area (TPSA) is 58.2 Å². The van der Waals surface area contributed by atoms with Crippen LogP contribution in [-0.4, -0.2) is 13.2 Å². The molecule has 4 nitrogen and oxygen atoms in total. The largest absolute Gasteiger partial charge is 0.496 e. The Balaban J connectivity index is 2.29. The second-order valence-corrected chi connectivity index (χ2v) is 4.83. The van der Waals surface area contributed by atoms with Crippen molar-refractivity contribution in [1.82, 2.24) is 5.32 Å². The minimum Gasteiger partial charge on any atom is -0.496 e. The lowest BCUT2D eigenvalue weighted by Crippen LogP contribution is -2.21. The third-order valence-electron chi connectivity index (χ3n) is 2.94. The van der Waals surface area contributed by atoms with E-state index in [0.29, 0.717) is 29.7 Å². The maximum absolute atomic E-state index is 8.99. The SMILES string of the molecule is COc1ccc(C#N)cc1-c1ccc(CNC(C)C)o1. The van der Waals surface area contributed by atoms with Crippen LogP contribution in [0.15, 0.2) is 34.7 Å². The number of nitriles is 1. The maximum Gasteiger partial charge on any atom is 0.138 e. The van der Waals surface area contributed by atoms with Gasteiger partial charge in [0.15, 0.2) is 0 Å². The molecule has 0 aliphatic carbocycles. The minimum absolute atomic E-state index is 0.403. The van der Waals surface area contributed by atoms with Crippen LogP contribution in [0.2, 0.25) is 0 Å². The van der Waals surface area contributed by atoms with Gasteiger partial charge in [-0.1, -0.05) is 13.8 Å². The van der Waals surface area contributed by atoms with Gasteiger partial charge in [0, 0.05) is 6.04 Å². The second kappa shape index (κ2) is 6.27. The highest BCUT2D eigenvalue weighted by Gasteiger charge is 2.11. The first-order valence-electron chi connectivity index (χ1n) is 6.54. The fraction of sp³-hybridized carbons (Fsp3) is 0.312. The average Bonchev–Trinajstić information content (AvgIpc) is 2.93. The fourth-order valence-corrected chi connectivity index (χ4v) is 1.89. The van der Waals surface area contributed by atoms with Crippen LogP contribution in [0, 0.1) is 11.3 Å². The molecule has 4 heteroatoms. The van der Waals surface area contributed by atoms with Crippen molar-refractivity contribution < 1.29 is 9.15 Å². The van der Waals surface area contributed by atoms with E-state index in [0.717, 1.165) is 11.3 Å². The molecule has 0 amide bonds. The number of furan rings is 1. The van der Waals surface area contributed by atoms with E-state index in [2.05, 4.69) is 25.2 Å². The van der Waals surface area contributed by atoms with Gasteiger partial charge in [-0.3, -0.25) is 0 Å². The van der Waals surface area contributed by atoms with E-state index >= 15 is 0 Å². The Hall–Kier alpha value is -2.25.